The summed E-state index contributed by atoms with van der Waals surface area (Å²) in [5.41, 5.74) is 0. The molecule has 86 valence electrons. The minimum absolute atomic E-state index is 0.0950. The summed E-state index contributed by atoms with van der Waals surface area (Å²) in [5, 5.41) is 10.2. The van der Waals surface area contributed by atoms with E-state index >= 15 is 0 Å². The van der Waals surface area contributed by atoms with Gasteiger partial charge in [-0.15, -0.1) is 0 Å². The van der Waals surface area contributed by atoms with E-state index in [1.807, 2.05) is 0 Å². The van der Waals surface area contributed by atoms with Crippen LogP contribution in [0.3, 0.4) is 0 Å². The summed E-state index contributed by atoms with van der Waals surface area (Å²) in [6.45, 7) is 11.0. The van der Waals surface area contributed by atoms with Gasteiger partial charge in [-0.3, -0.25) is 0 Å². The summed E-state index contributed by atoms with van der Waals surface area (Å²) >= 11 is 0. The van der Waals surface area contributed by atoms with Crippen LogP contribution < -0.4 is 0 Å². The van der Waals surface area contributed by atoms with E-state index in [0.29, 0.717) is 17.8 Å². The minimum atomic E-state index is -0.0950. The SMILES string of the molecule is CCCC(C)C(O)C(CC)CC(C)C. The number of aliphatic hydroxyl groups excluding tert-OH is 1. The van der Waals surface area contributed by atoms with Gasteiger partial charge in [0.1, 0.15) is 0 Å². The number of hydrogen-bond donors (Lipinski definition) is 1. The predicted octanol–water partition coefficient (Wildman–Crippen LogP) is 3.86. The van der Waals surface area contributed by atoms with Gasteiger partial charge in [0.2, 0.25) is 0 Å². The first kappa shape index (κ1) is 14.0. The average molecular weight is 200 g/mol. The van der Waals surface area contributed by atoms with Crippen LogP contribution in [-0.4, -0.2) is 11.2 Å². The van der Waals surface area contributed by atoms with E-state index in [4.69, 9.17) is 0 Å². The van der Waals surface area contributed by atoms with Gasteiger partial charge in [-0.1, -0.05) is 47.5 Å². The van der Waals surface area contributed by atoms with Crippen LogP contribution in [0.15, 0.2) is 0 Å². The highest BCUT2D eigenvalue weighted by molar-refractivity contribution is 4.73. The van der Waals surface area contributed by atoms with Crippen LogP contribution >= 0.6 is 0 Å². The van der Waals surface area contributed by atoms with Crippen molar-refractivity contribution in [3.63, 3.8) is 0 Å². The number of rotatable bonds is 7. The molecule has 0 saturated carbocycles. The molecule has 14 heavy (non-hydrogen) atoms. The van der Waals surface area contributed by atoms with E-state index in [-0.39, 0.29) is 6.10 Å². The Labute approximate surface area is 89.9 Å². The molecule has 3 unspecified atom stereocenters. The third-order valence-corrected chi connectivity index (χ3v) is 3.11. The van der Waals surface area contributed by atoms with E-state index in [1.165, 1.54) is 6.42 Å². The molecule has 1 N–H and O–H groups in total. The van der Waals surface area contributed by atoms with Crippen molar-refractivity contribution >= 4 is 0 Å². The lowest BCUT2D eigenvalue weighted by Crippen LogP contribution is -2.28. The van der Waals surface area contributed by atoms with E-state index in [0.717, 1.165) is 19.3 Å². The molecule has 3 atom stereocenters. The lowest BCUT2D eigenvalue weighted by atomic mass is 9.83. The monoisotopic (exact) mass is 200 g/mol. The maximum absolute atomic E-state index is 10.2. The highest BCUT2D eigenvalue weighted by atomic mass is 16.3. The number of hydrogen-bond acceptors (Lipinski definition) is 1. The van der Waals surface area contributed by atoms with Gasteiger partial charge in [0.25, 0.3) is 0 Å². The Kier molecular flexibility index (Phi) is 7.26. The van der Waals surface area contributed by atoms with Crippen LogP contribution in [0.4, 0.5) is 0 Å². The molecule has 0 aliphatic rings. The van der Waals surface area contributed by atoms with Crippen molar-refractivity contribution in [1.29, 1.82) is 0 Å². The first-order valence-electron chi connectivity index (χ1n) is 6.20. The van der Waals surface area contributed by atoms with Crippen LogP contribution in [0.2, 0.25) is 0 Å². The van der Waals surface area contributed by atoms with Crippen LogP contribution in [0.25, 0.3) is 0 Å². The Balaban J connectivity index is 4.07. The summed E-state index contributed by atoms with van der Waals surface area (Å²) in [7, 11) is 0. The van der Waals surface area contributed by atoms with Crippen LogP contribution in [-0.2, 0) is 0 Å². The third-order valence-electron chi connectivity index (χ3n) is 3.11. The summed E-state index contributed by atoms with van der Waals surface area (Å²) in [6.07, 6.45) is 4.49. The summed E-state index contributed by atoms with van der Waals surface area (Å²) in [6, 6.07) is 0. The van der Waals surface area contributed by atoms with Crippen molar-refractivity contribution in [2.75, 3.05) is 0 Å². The van der Waals surface area contributed by atoms with Gasteiger partial charge < -0.3 is 5.11 Å². The standard InChI is InChI=1S/C13H28O/c1-6-8-11(5)13(14)12(7-2)9-10(3)4/h10-14H,6-9H2,1-5H3. The molecule has 0 rings (SSSR count). The molecule has 0 aromatic rings. The van der Waals surface area contributed by atoms with Crippen molar-refractivity contribution in [1.82, 2.24) is 0 Å². The van der Waals surface area contributed by atoms with Crippen LogP contribution in [0.1, 0.15) is 60.3 Å². The molecule has 0 fully saturated rings. The van der Waals surface area contributed by atoms with Gasteiger partial charge in [-0.25, -0.2) is 0 Å². The van der Waals surface area contributed by atoms with Gasteiger partial charge >= 0.3 is 0 Å². The Bertz CT molecular complexity index is 131. The van der Waals surface area contributed by atoms with Gasteiger partial charge in [-0.2, -0.15) is 0 Å². The second kappa shape index (κ2) is 7.28. The molecule has 0 spiro atoms. The zero-order chi connectivity index (χ0) is 11.1. The van der Waals surface area contributed by atoms with E-state index in [9.17, 15) is 5.11 Å². The topological polar surface area (TPSA) is 20.2 Å². The molecule has 0 bridgehead atoms. The highest BCUT2D eigenvalue weighted by Gasteiger charge is 2.23. The van der Waals surface area contributed by atoms with Crippen LogP contribution in [0.5, 0.6) is 0 Å². The first-order chi connectivity index (χ1) is 6.52. The van der Waals surface area contributed by atoms with Gasteiger partial charge in [0.05, 0.1) is 6.10 Å². The normalized spacial score (nSPS) is 18.2. The van der Waals surface area contributed by atoms with Crippen molar-refractivity contribution in [2.45, 2.75) is 66.4 Å². The van der Waals surface area contributed by atoms with Crippen molar-refractivity contribution in [3.8, 4) is 0 Å². The van der Waals surface area contributed by atoms with Crippen molar-refractivity contribution < 1.29 is 5.11 Å². The Hall–Kier alpha value is -0.0400. The van der Waals surface area contributed by atoms with E-state index in [1.54, 1.807) is 0 Å². The maximum Gasteiger partial charge on any atom is 0.0593 e. The predicted molar refractivity (Wildman–Crippen MR) is 63.3 cm³/mol. The second-order valence-electron chi connectivity index (χ2n) is 5.05. The third kappa shape index (κ3) is 4.99. The van der Waals surface area contributed by atoms with Gasteiger partial charge in [0, 0.05) is 0 Å². The minimum Gasteiger partial charge on any atom is -0.393 e. The van der Waals surface area contributed by atoms with Gasteiger partial charge in [0.15, 0.2) is 0 Å². The molecular weight excluding hydrogens is 172 g/mol. The van der Waals surface area contributed by atoms with Crippen LogP contribution in [0, 0.1) is 17.8 Å². The molecule has 1 nitrogen and oxygen atoms in total. The second-order valence-corrected chi connectivity index (χ2v) is 5.05. The molecule has 0 aromatic carbocycles. The highest BCUT2D eigenvalue weighted by Crippen LogP contribution is 2.25. The average Bonchev–Trinajstić information content (AvgIpc) is 2.13. The molecule has 0 radical (unpaired) electrons. The summed E-state index contributed by atoms with van der Waals surface area (Å²) in [4.78, 5) is 0. The molecular formula is C13H28O. The first-order valence-corrected chi connectivity index (χ1v) is 6.20. The molecule has 0 saturated heterocycles. The smallest absolute Gasteiger partial charge is 0.0593 e. The zero-order valence-corrected chi connectivity index (χ0v) is 10.6. The molecule has 0 aromatic heterocycles. The zero-order valence-electron chi connectivity index (χ0n) is 10.6. The molecule has 0 heterocycles. The summed E-state index contributed by atoms with van der Waals surface area (Å²) < 4.78 is 0. The Morgan fingerprint density at radius 2 is 1.64 bits per heavy atom. The molecule has 0 amide bonds. The largest absolute Gasteiger partial charge is 0.393 e. The molecule has 0 aliphatic heterocycles. The number of aliphatic hydroxyl groups is 1. The quantitative estimate of drug-likeness (QED) is 0.661. The molecule has 0 aliphatic carbocycles. The fourth-order valence-electron chi connectivity index (χ4n) is 2.24. The maximum atomic E-state index is 10.2. The Morgan fingerprint density at radius 1 is 1.07 bits per heavy atom. The lowest BCUT2D eigenvalue weighted by molar-refractivity contribution is 0.0421. The van der Waals surface area contributed by atoms with E-state index in [2.05, 4.69) is 34.6 Å². The molecule has 1 heteroatoms. The summed E-state index contributed by atoms with van der Waals surface area (Å²) in [5.74, 6) is 1.66. The van der Waals surface area contributed by atoms with Crippen molar-refractivity contribution in [2.24, 2.45) is 17.8 Å². The lowest BCUT2D eigenvalue weighted by Gasteiger charge is -2.28. The fraction of sp³-hybridized carbons (Fsp3) is 1.00. The fourth-order valence-corrected chi connectivity index (χ4v) is 2.24. The van der Waals surface area contributed by atoms with E-state index < -0.39 is 0 Å². The Morgan fingerprint density at radius 3 is 2.00 bits per heavy atom. The van der Waals surface area contributed by atoms with Crippen molar-refractivity contribution in [3.05, 3.63) is 0 Å². The van der Waals surface area contributed by atoms with Gasteiger partial charge in [-0.05, 0) is 30.6 Å².